The monoisotopic (exact) mass is 306 g/mol. The first kappa shape index (κ1) is 14.9. The summed E-state index contributed by atoms with van der Waals surface area (Å²) in [6.07, 6.45) is 3.31. The molecule has 0 aromatic heterocycles. The lowest BCUT2D eigenvalue weighted by Crippen LogP contribution is -2.43. The van der Waals surface area contributed by atoms with Crippen LogP contribution in [0, 0.1) is 11.8 Å². The Morgan fingerprint density at radius 3 is 3.00 bits per heavy atom. The number of hydrogen-bond donors (Lipinski definition) is 1. The quantitative estimate of drug-likeness (QED) is 0.927. The molecule has 0 spiro atoms. The number of likely N-dealkylation sites (tertiary alicyclic amines) is 1. The van der Waals surface area contributed by atoms with E-state index in [1.165, 1.54) is 6.42 Å². The lowest BCUT2D eigenvalue weighted by molar-refractivity contribution is -0.134. The van der Waals surface area contributed by atoms with Gasteiger partial charge in [-0.2, -0.15) is 0 Å². The van der Waals surface area contributed by atoms with Crippen LogP contribution in [0.2, 0.25) is 5.02 Å². The number of benzene rings is 1. The van der Waals surface area contributed by atoms with Crippen LogP contribution in [0.5, 0.6) is 0 Å². The van der Waals surface area contributed by atoms with Gasteiger partial charge in [0.2, 0.25) is 5.91 Å². The van der Waals surface area contributed by atoms with E-state index in [1.54, 1.807) is 0 Å². The van der Waals surface area contributed by atoms with Crippen LogP contribution in [0.4, 0.5) is 0 Å². The molecule has 1 aliphatic carbocycles. The fraction of sp³-hybridized carbons (Fsp3) is 0.588. The zero-order valence-corrected chi connectivity index (χ0v) is 13.3. The Bertz CT molecular complexity index is 517. The van der Waals surface area contributed by atoms with Gasteiger partial charge in [-0.1, -0.05) is 29.8 Å². The molecule has 1 saturated carbocycles. The molecule has 4 heteroatoms. The SMILES string of the molecule is CNCC1CCCN(C(=O)C2CC2c2ccccc2Cl)C1. The summed E-state index contributed by atoms with van der Waals surface area (Å²) in [6.45, 7) is 2.83. The van der Waals surface area contributed by atoms with Crippen molar-refractivity contribution >= 4 is 17.5 Å². The van der Waals surface area contributed by atoms with E-state index in [0.29, 0.717) is 17.7 Å². The van der Waals surface area contributed by atoms with Gasteiger partial charge in [0.1, 0.15) is 0 Å². The van der Waals surface area contributed by atoms with Crippen molar-refractivity contribution in [3.63, 3.8) is 0 Å². The molecule has 1 aromatic carbocycles. The van der Waals surface area contributed by atoms with Gasteiger partial charge < -0.3 is 10.2 Å². The summed E-state index contributed by atoms with van der Waals surface area (Å²) < 4.78 is 0. The highest BCUT2D eigenvalue weighted by Gasteiger charge is 2.46. The number of nitrogens with one attached hydrogen (secondary N) is 1. The first-order valence-corrected chi connectivity index (χ1v) is 8.26. The summed E-state index contributed by atoms with van der Waals surface area (Å²) in [5.41, 5.74) is 1.14. The van der Waals surface area contributed by atoms with Gasteiger partial charge >= 0.3 is 0 Å². The van der Waals surface area contributed by atoms with Crippen LogP contribution in [-0.2, 0) is 4.79 Å². The second-order valence-corrected chi connectivity index (χ2v) is 6.73. The molecule has 1 heterocycles. The molecule has 0 radical (unpaired) electrons. The van der Waals surface area contributed by atoms with Gasteiger partial charge in [-0.15, -0.1) is 0 Å². The number of amides is 1. The summed E-state index contributed by atoms with van der Waals surface area (Å²) in [4.78, 5) is 14.7. The zero-order valence-electron chi connectivity index (χ0n) is 12.5. The van der Waals surface area contributed by atoms with E-state index in [9.17, 15) is 4.79 Å². The van der Waals surface area contributed by atoms with E-state index in [0.717, 1.165) is 43.1 Å². The highest BCUT2D eigenvalue weighted by Crippen LogP contribution is 2.50. The summed E-state index contributed by atoms with van der Waals surface area (Å²) in [6, 6.07) is 7.92. The van der Waals surface area contributed by atoms with E-state index in [1.807, 2.05) is 25.2 Å². The normalized spacial score (nSPS) is 28.5. The largest absolute Gasteiger partial charge is 0.342 e. The predicted octanol–water partition coefficient (Wildman–Crippen LogP) is 2.90. The molecule has 2 fully saturated rings. The molecule has 1 aromatic rings. The molecule has 2 aliphatic rings. The maximum absolute atomic E-state index is 12.7. The molecule has 3 unspecified atom stereocenters. The Balaban J connectivity index is 1.61. The molecule has 3 nitrogen and oxygen atoms in total. The Kier molecular flexibility index (Phi) is 4.51. The van der Waals surface area contributed by atoms with E-state index >= 15 is 0 Å². The van der Waals surface area contributed by atoms with Crippen molar-refractivity contribution in [2.75, 3.05) is 26.7 Å². The van der Waals surface area contributed by atoms with Gasteiger partial charge in [-0.05, 0) is 56.3 Å². The number of carbonyl (C=O) groups is 1. The Morgan fingerprint density at radius 2 is 2.24 bits per heavy atom. The lowest BCUT2D eigenvalue weighted by atomic mass is 9.97. The minimum Gasteiger partial charge on any atom is -0.342 e. The zero-order chi connectivity index (χ0) is 14.8. The fourth-order valence-corrected chi connectivity index (χ4v) is 3.82. The van der Waals surface area contributed by atoms with Crippen LogP contribution in [0.3, 0.4) is 0 Å². The summed E-state index contributed by atoms with van der Waals surface area (Å²) in [7, 11) is 1.98. The molecular weight excluding hydrogens is 284 g/mol. The van der Waals surface area contributed by atoms with Gasteiger partial charge in [0.25, 0.3) is 0 Å². The number of halogens is 1. The number of rotatable bonds is 4. The molecule has 0 bridgehead atoms. The van der Waals surface area contributed by atoms with Crippen LogP contribution in [0.1, 0.15) is 30.7 Å². The third-order valence-electron chi connectivity index (χ3n) is 4.74. The van der Waals surface area contributed by atoms with E-state index in [2.05, 4.69) is 16.3 Å². The number of carbonyl (C=O) groups excluding carboxylic acids is 1. The maximum Gasteiger partial charge on any atom is 0.226 e. The lowest BCUT2D eigenvalue weighted by Gasteiger charge is -2.33. The molecule has 1 saturated heterocycles. The van der Waals surface area contributed by atoms with Crippen molar-refractivity contribution in [2.45, 2.75) is 25.2 Å². The number of nitrogens with zero attached hydrogens (tertiary/aromatic N) is 1. The fourth-order valence-electron chi connectivity index (χ4n) is 3.54. The van der Waals surface area contributed by atoms with E-state index in [4.69, 9.17) is 11.6 Å². The summed E-state index contributed by atoms with van der Waals surface area (Å²) in [5.74, 6) is 1.42. The average molecular weight is 307 g/mol. The molecular formula is C17H23ClN2O. The maximum atomic E-state index is 12.7. The number of hydrogen-bond acceptors (Lipinski definition) is 2. The van der Waals surface area contributed by atoms with Crippen LogP contribution in [0.25, 0.3) is 0 Å². The highest BCUT2D eigenvalue weighted by atomic mass is 35.5. The minimum absolute atomic E-state index is 0.151. The molecule has 3 atom stereocenters. The van der Waals surface area contributed by atoms with E-state index < -0.39 is 0 Å². The molecule has 21 heavy (non-hydrogen) atoms. The summed E-state index contributed by atoms with van der Waals surface area (Å²) >= 11 is 6.25. The van der Waals surface area contributed by atoms with Crippen LogP contribution in [0.15, 0.2) is 24.3 Å². The van der Waals surface area contributed by atoms with Crippen molar-refractivity contribution < 1.29 is 4.79 Å². The smallest absolute Gasteiger partial charge is 0.226 e. The Hall–Kier alpha value is -1.06. The average Bonchev–Trinajstić information content (AvgIpc) is 3.28. The van der Waals surface area contributed by atoms with Crippen LogP contribution in [-0.4, -0.2) is 37.5 Å². The predicted molar refractivity (Wildman–Crippen MR) is 85.5 cm³/mol. The van der Waals surface area contributed by atoms with Crippen molar-refractivity contribution in [3.05, 3.63) is 34.9 Å². The first-order chi connectivity index (χ1) is 10.2. The standard InChI is InChI=1S/C17H23ClN2O/c1-19-10-12-5-4-8-20(11-12)17(21)15-9-14(15)13-6-2-3-7-16(13)18/h2-3,6-7,12,14-15,19H,4-5,8-11H2,1H3. The molecule has 1 amide bonds. The third kappa shape index (κ3) is 3.24. The Labute approximate surface area is 131 Å². The molecule has 1 aliphatic heterocycles. The first-order valence-electron chi connectivity index (χ1n) is 7.88. The molecule has 3 rings (SSSR count). The topological polar surface area (TPSA) is 32.3 Å². The van der Waals surface area contributed by atoms with Crippen LogP contribution >= 0.6 is 11.6 Å². The van der Waals surface area contributed by atoms with Crippen molar-refractivity contribution in [1.82, 2.24) is 10.2 Å². The van der Waals surface area contributed by atoms with Gasteiger partial charge in [0.05, 0.1) is 0 Å². The van der Waals surface area contributed by atoms with Gasteiger partial charge in [-0.3, -0.25) is 4.79 Å². The summed E-state index contributed by atoms with van der Waals surface area (Å²) in [5, 5.41) is 4.02. The van der Waals surface area contributed by atoms with Crippen LogP contribution < -0.4 is 5.32 Å². The third-order valence-corrected chi connectivity index (χ3v) is 5.08. The molecule has 1 N–H and O–H groups in total. The van der Waals surface area contributed by atoms with Gasteiger partial charge in [0.15, 0.2) is 0 Å². The van der Waals surface area contributed by atoms with Gasteiger partial charge in [-0.25, -0.2) is 0 Å². The van der Waals surface area contributed by atoms with Gasteiger partial charge in [0, 0.05) is 24.0 Å². The highest BCUT2D eigenvalue weighted by molar-refractivity contribution is 6.31. The van der Waals surface area contributed by atoms with Crippen molar-refractivity contribution in [2.24, 2.45) is 11.8 Å². The van der Waals surface area contributed by atoms with Crippen molar-refractivity contribution in [1.29, 1.82) is 0 Å². The Morgan fingerprint density at radius 1 is 1.43 bits per heavy atom. The number of piperidine rings is 1. The van der Waals surface area contributed by atoms with E-state index in [-0.39, 0.29) is 5.92 Å². The minimum atomic E-state index is 0.151. The second kappa shape index (κ2) is 6.37. The molecule has 114 valence electrons. The van der Waals surface area contributed by atoms with Crippen molar-refractivity contribution in [3.8, 4) is 0 Å². The second-order valence-electron chi connectivity index (χ2n) is 6.32.